The summed E-state index contributed by atoms with van der Waals surface area (Å²) in [5.74, 6) is 0.779. The Hall–Kier alpha value is -3.14. The molecule has 1 unspecified atom stereocenters. The minimum Gasteiger partial charge on any atom is -0.356 e. The quantitative estimate of drug-likeness (QED) is 0.511. The number of hydrogen-bond donors (Lipinski definition) is 1. The van der Waals surface area contributed by atoms with Gasteiger partial charge < -0.3 is 9.88 Å². The lowest BCUT2D eigenvalue weighted by Gasteiger charge is -2.36. The van der Waals surface area contributed by atoms with Crippen LogP contribution in [0.15, 0.2) is 67.0 Å². The molecule has 1 atom stereocenters. The van der Waals surface area contributed by atoms with Crippen molar-refractivity contribution in [3.8, 4) is 0 Å². The van der Waals surface area contributed by atoms with E-state index in [1.165, 1.54) is 33.3 Å². The molecule has 4 aromatic rings. The van der Waals surface area contributed by atoms with Gasteiger partial charge in [0.15, 0.2) is 0 Å². The number of H-pyrrole nitrogens is 1. The molecule has 0 aliphatic carbocycles. The number of nitrogens with one attached hydrogen (secondary N) is 1. The molecule has 4 heteroatoms. The first kappa shape index (κ1) is 18.2. The number of anilines is 1. The fourth-order valence-electron chi connectivity index (χ4n) is 4.04. The third-order valence-corrected chi connectivity index (χ3v) is 5.21. The van der Waals surface area contributed by atoms with Crippen molar-refractivity contribution in [1.29, 1.82) is 0 Å². The summed E-state index contributed by atoms with van der Waals surface area (Å²) in [6.07, 6.45) is 4.61. The summed E-state index contributed by atoms with van der Waals surface area (Å²) >= 11 is 0. The standard InChI is InChI=1S/C22H20N4.C2H6/c1-15-8-9-19-18(14-15)17-10-13-26(22-23-11-5-12-24-22)21(20(17)25-19)16-6-3-2-4-7-16;1-2/h2-9,11-12,14,21,25H,10,13H2,1H3;1-2H3. The molecule has 5 rings (SSSR count). The van der Waals surface area contributed by atoms with Crippen molar-refractivity contribution in [2.45, 2.75) is 33.2 Å². The minimum absolute atomic E-state index is 0.0926. The van der Waals surface area contributed by atoms with Gasteiger partial charge in [0.05, 0.1) is 6.04 Å². The zero-order valence-corrected chi connectivity index (χ0v) is 16.7. The first-order valence-electron chi connectivity index (χ1n) is 10.0. The van der Waals surface area contributed by atoms with Crippen molar-refractivity contribution in [3.63, 3.8) is 0 Å². The van der Waals surface area contributed by atoms with Crippen LogP contribution < -0.4 is 4.90 Å². The number of fused-ring (bicyclic) bond motifs is 3. The maximum Gasteiger partial charge on any atom is 0.226 e. The minimum atomic E-state index is 0.0926. The van der Waals surface area contributed by atoms with E-state index in [1.54, 1.807) is 0 Å². The third-order valence-electron chi connectivity index (χ3n) is 5.21. The summed E-state index contributed by atoms with van der Waals surface area (Å²) in [6.45, 7) is 7.05. The molecule has 1 aliphatic heterocycles. The first-order chi connectivity index (χ1) is 13.8. The maximum atomic E-state index is 4.52. The van der Waals surface area contributed by atoms with Crippen molar-refractivity contribution in [1.82, 2.24) is 15.0 Å². The molecule has 0 amide bonds. The lowest BCUT2D eigenvalue weighted by Crippen LogP contribution is -2.37. The molecule has 3 heterocycles. The van der Waals surface area contributed by atoms with Gasteiger partial charge in [0.2, 0.25) is 5.95 Å². The molecular weight excluding hydrogens is 344 g/mol. The van der Waals surface area contributed by atoms with Crippen LogP contribution in [-0.2, 0) is 6.42 Å². The van der Waals surface area contributed by atoms with E-state index >= 15 is 0 Å². The Morgan fingerprint density at radius 2 is 1.71 bits per heavy atom. The van der Waals surface area contributed by atoms with Crippen molar-refractivity contribution in [2.24, 2.45) is 0 Å². The molecule has 0 saturated heterocycles. The molecule has 4 nitrogen and oxygen atoms in total. The Balaban J connectivity index is 0.000000932. The lowest BCUT2D eigenvalue weighted by atomic mass is 9.92. The first-order valence-corrected chi connectivity index (χ1v) is 10.0. The second-order valence-electron chi connectivity index (χ2n) is 6.87. The van der Waals surface area contributed by atoms with Crippen LogP contribution in [0.3, 0.4) is 0 Å². The van der Waals surface area contributed by atoms with Gasteiger partial charge in [0.25, 0.3) is 0 Å². The van der Waals surface area contributed by atoms with Gasteiger partial charge in [-0.25, -0.2) is 9.97 Å². The SMILES string of the molecule is CC.Cc1ccc2[nH]c3c(c2c1)CCN(c1ncccn1)C3c1ccccc1. The molecular formula is C24H26N4. The van der Waals surface area contributed by atoms with E-state index in [0.29, 0.717) is 0 Å². The summed E-state index contributed by atoms with van der Waals surface area (Å²) in [4.78, 5) is 15.0. The zero-order chi connectivity index (χ0) is 19.5. The van der Waals surface area contributed by atoms with Crippen LogP contribution in [0.5, 0.6) is 0 Å². The zero-order valence-electron chi connectivity index (χ0n) is 16.7. The monoisotopic (exact) mass is 370 g/mol. The van der Waals surface area contributed by atoms with Gasteiger partial charge in [-0.15, -0.1) is 0 Å². The van der Waals surface area contributed by atoms with E-state index in [1.807, 2.05) is 32.3 Å². The van der Waals surface area contributed by atoms with E-state index in [9.17, 15) is 0 Å². The summed E-state index contributed by atoms with van der Waals surface area (Å²) in [5, 5.41) is 1.34. The second kappa shape index (κ2) is 7.85. The Labute approximate surface area is 166 Å². The molecule has 142 valence electrons. The number of aryl methyl sites for hydroxylation is 1. The van der Waals surface area contributed by atoms with Gasteiger partial charge in [-0.3, -0.25) is 0 Å². The highest BCUT2D eigenvalue weighted by atomic mass is 15.3. The van der Waals surface area contributed by atoms with Gasteiger partial charge in [-0.2, -0.15) is 0 Å². The number of benzene rings is 2. The van der Waals surface area contributed by atoms with Crippen LogP contribution in [0.4, 0.5) is 5.95 Å². The predicted octanol–water partition coefficient (Wildman–Crippen LogP) is 5.44. The third kappa shape index (κ3) is 3.15. The van der Waals surface area contributed by atoms with Gasteiger partial charge in [0, 0.05) is 35.5 Å². The van der Waals surface area contributed by atoms with E-state index in [4.69, 9.17) is 0 Å². The Morgan fingerprint density at radius 3 is 2.46 bits per heavy atom. The number of rotatable bonds is 2. The lowest BCUT2D eigenvalue weighted by molar-refractivity contribution is 0.626. The van der Waals surface area contributed by atoms with Gasteiger partial charge in [-0.05, 0) is 42.7 Å². The number of nitrogens with zero attached hydrogens (tertiary/aromatic N) is 3. The van der Waals surface area contributed by atoms with E-state index in [-0.39, 0.29) is 6.04 Å². The summed E-state index contributed by atoms with van der Waals surface area (Å²) in [5.41, 5.74) is 6.44. The van der Waals surface area contributed by atoms with E-state index in [0.717, 1.165) is 18.9 Å². The predicted molar refractivity (Wildman–Crippen MR) is 116 cm³/mol. The van der Waals surface area contributed by atoms with Crippen molar-refractivity contribution >= 4 is 16.9 Å². The molecule has 0 spiro atoms. The van der Waals surface area contributed by atoms with Crippen molar-refractivity contribution < 1.29 is 0 Å². The Morgan fingerprint density at radius 1 is 0.964 bits per heavy atom. The second-order valence-corrected chi connectivity index (χ2v) is 6.87. The van der Waals surface area contributed by atoms with Crippen LogP contribution in [0.2, 0.25) is 0 Å². The highest BCUT2D eigenvalue weighted by Gasteiger charge is 2.32. The van der Waals surface area contributed by atoms with Crippen molar-refractivity contribution in [2.75, 3.05) is 11.4 Å². The average molecular weight is 370 g/mol. The van der Waals surface area contributed by atoms with E-state index < -0.39 is 0 Å². The van der Waals surface area contributed by atoms with E-state index in [2.05, 4.69) is 75.3 Å². The smallest absolute Gasteiger partial charge is 0.226 e. The molecule has 1 aliphatic rings. The topological polar surface area (TPSA) is 44.8 Å². The van der Waals surface area contributed by atoms with Gasteiger partial charge >= 0.3 is 0 Å². The summed E-state index contributed by atoms with van der Waals surface area (Å²) in [6, 6.07) is 19.2. The highest BCUT2D eigenvalue weighted by molar-refractivity contribution is 5.86. The van der Waals surface area contributed by atoms with Crippen LogP contribution in [0.1, 0.15) is 42.3 Å². The van der Waals surface area contributed by atoms with Crippen LogP contribution >= 0.6 is 0 Å². The molecule has 0 saturated carbocycles. The van der Waals surface area contributed by atoms with Crippen LogP contribution in [-0.4, -0.2) is 21.5 Å². The molecule has 1 N–H and O–H groups in total. The Bertz CT molecular complexity index is 1050. The van der Waals surface area contributed by atoms with Crippen LogP contribution in [0.25, 0.3) is 10.9 Å². The molecule has 2 aromatic heterocycles. The number of hydrogen-bond acceptors (Lipinski definition) is 3. The molecule has 0 radical (unpaired) electrons. The van der Waals surface area contributed by atoms with Gasteiger partial charge in [0.1, 0.15) is 0 Å². The summed E-state index contributed by atoms with van der Waals surface area (Å²) in [7, 11) is 0. The maximum absolute atomic E-state index is 4.52. The Kier molecular flexibility index (Phi) is 5.11. The fraction of sp³-hybridized carbons (Fsp3) is 0.250. The average Bonchev–Trinajstić information content (AvgIpc) is 3.13. The highest BCUT2D eigenvalue weighted by Crippen LogP contribution is 2.39. The fourth-order valence-corrected chi connectivity index (χ4v) is 4.04. The van der Waals surface area contributed by atoms with Crippen molar-refractivity contribution in [3.05, 3.63) is 89.4 Å². The normalized spacial score (nSPS) is 15.7. The molecule has 0 bridgehead atoms. The molecule has 28 heavy (non-hydrogen) atoms. The molecule has 0 fully saturated rings. The molecule has 2 aromatic carbocycles. The largest absolute Gasteiger partial charge is 0.356 e. The summed E-state index contributed by atoms with van der Waals surface area (Å²) < 4.78 is 0. The number of aromatic nitrogens is 3. The van der Waals surface area contributed by atoms with Gasteiger partial charge in [-0.1, -0.05) is 55.8 Å². The number of aromatic amines is 1. The van der Waals surface area contributed by atoms with Crippen LogP contribution in [0, 0.1) is 6.92 Å².